The fraction of sp³-hybridized carbons (Fsp3) is 0.500. The number of fused-ring (bicyclic) bond motifs is 1. The van der Waals surface area contributed by atoms with Crippen molar-refractivity contribution in [1.82, 2.24) is 10.3 Å². The fourth-order valence-electron chi connectivity index (χ4n) is 2.01. The van der Waals surface area contributed by atoms with Gasteiger partial charge in [0.1, 0.15) is 5.52 Å². The van der Waals surface area contributed by atoms with Gasteiger partial charge in [0.15, 0.2) is 5.58 Å². The van der Waals surface area contributed by atoms with E-state index in [4.69, 9.17) is 4.42 Å². The first-order chi connectivity index (χ1) is 10.0. The molecule has 0 bridgehead atoms. The normalized spacial score (nSPS) is 12.8. The zero-order valence-corrected chi connectivity index (χ0v) is 13.6. The molecule has 4 nitrogen and oxygen atoms in total. The number of benzene rings is 1. The first kappa shape index (κ1) is 15.9. The molecule has 0 fully saturated rings. The third kappa shape index (κ3) is 5.08. The molecule has 0 spiro atoms. The number of aromatic nitrogens is 1. The Morgan fingerprint density at radius 3 is 2.76 bits per heavy atom. The van der Waals surface area contributed by atoms with E-state index in [9.17, 15) is 4.79 Å². The highest BCUT2D eigenvalue weighted by Crippen LogP contribution is 2.22. The van der Waals surface area contributed by atoms with Gasteiger partial charge in [-0.15, -0.1) is 0 Å². The quantitative estimate of drug-likeness (QED) is 0.789. The summed E-state index contributed by atoms with van der Waals surface area (Å²) in [6.45, 7) is 6.43. The topological polar surface area (TPSA) is 55.1 Å². The maximum atomic E-state index is 11.9. The van der Waals surface area contributed by atoms with Crippen LogP contribution in [0.15, 0.2) is 33.9 Å². The van der Waals surface area contributed by atoms with Crippen LogP contribution < -0.4 is 5.32 Å². The van der Waals surface area contributed by atoms with Crippen molar-refractivity contribution < 1.29 is 9.21 Å². The summed E-state index contributed by atoms with van der Waals surface area (Å²) in [6.07, 6.45) is 2.14. The van der Waals surface area contributed by atoms with Crippen LogP contribution in [-0.2, 0) is 4.79 Å². The van der Waals surface area contributed by atoms with E-state index in [0.29, 0.717) is 16.9 Å². The molecule has 5 heteroatoms. The number of rotatable bonds is 7. The lowest BCUT2D eigenvalue weighted by Gasteiger charge is -2.14. The summed E-state index contributed by atoms with van der Waals surface area (Å²) in [6, 6.07) is 7.81. The number of carbonyl (C=O) groups excluding carboxylic acids is 1. The average molecular weight is 306 g/mol. The van der Waals surface area contributed by atoms with Crippen LogP contribution in [0.1, 0.15) is 33.6 Å². The summed E-state index contributed by atoms with van der Waals surface area (Å²) < 4.78 is 5.57. The van der Waals surface area contributed by atoms with Gasteiger partial charge < -0.3 is 9.73 Å². The Labute approximate surface area is 129 Å². The summed E-state index contributed by atoms with van der Waals surface area (Å²) in [5.41, 5.74) is 1.58. The molecule has 114 valence electrons. The van der Waals surface area contributed by atoms with Gasteiger partial charge in [0.25, 0.3) is 5.22 Å². The van der Waals surface area contributed by atoms with Gasteiger partial charge in [-0.2, -0.15) is 0 Å². The summed E-state index contributed by atoms with van der Waals surface area (Å²) in [7, 11) is 0. The smallest absolute Gasteiger partial charge is 0.257 e. The lowest BCUT2D eigenvalue weighted by molar-refractivity contribution is -0.119. The van der Waals surface area contributed by atoms with Gasteiger partial charge in [-0.05, 0) is 37.8 Å². The van der Waals surface area contributed by atoms with Gasteiger partial charge in [0, 0.05) is 6.04 Å². The number of thioether (sulfide) groups is 1. The molecule has 2 rings (SSSR count). The van der Waals surface area contributed by atoms with Crippen molar-refractivity contribution in [3.8, 4) is 0 Å². The maximum Gasteiger partial charge on any atom is 0.257 e. The van der Waals surface area contributed by atoms with Crippen LogP contribution in [-0.4, -0.2) is 22.7 Å². The Balaban J connectivity index is 1.78. The van der Waals surface area contributed by atoms with E-state index in [1.165, 1.54) is 11.8 Å². The molecule has 0 saturated heterocycles. The summed E-state index contributed by atoms with van der Waals surface area (Å²) in [5.74, 6) is 1.02. The molecule has 0 aliphatic rings. The molecule has 2 aromatic rings. The number of para-hydroxylation sites is 2. The monoisotopic (exact) mass is 306 g/mol. The first-order valence-electron chi connectivity index (χ1n) is 7.32. The third-order valence-electron chi connectivity index (χ3n) is 3.19. The van der Waals surface area contributed by atoms with Gasteiger partial charge in [-0.1, -0.05) is 37.7 Å². The summed E-state index contributed by atoms with van der Waals surface area (Å²) >= 11 is 1.33. The van der Waals surface area contributed by atoms with Crippen molar-refractivity contribution in [3.63, 3.8) is 0 Å². The molecule has 1 atom stereocenters. The first-order valence-corrected chi connectivity index (χ1v) is 8.31. The summed E-state index contributed by atoms with van der Waals surface area (Å²) in [5, 5.41) is 3.55. The van der Waals surface area contributed by atoms with E-state index in [0.717, 1.165) is 23.9 Å². The predicted octanol–water partition coefficient (Wildman–Crippen LogP) is 3.86. The maximum absolute atomic E-state index is 11.9. The minimum absolute atomic E-state index is 0.0264. The van der Waals surface area contributed by atoms with Crippen LogP contribution >= 0.6 is 11.8 Å². The highest BCUT2D eigenvalue weighted by Gasteiger charge is 2.11. The van der Waals surface area contributed by atoms with Crippen molar-refractivity contribution in [3.05, 3.63) is 24.3 Å². The van der Waals surface area contributed by atoms with E-state index in [1.807, 2.05) is 31.2 Å². The second kappa shape index (κ2) is 7.50. The minimum Gasteiger partial charge on any atom is -0.431 e. The van der Waals surface area contributed by atoms with E-state index in [1.54, 1.807) is 0 Å². The molecule has 21 heavy (non-hydrogen) atoms. The van der Waals surface area contributed by atoms with Crippen molar-refractivity contribution >= 4 is 28.8 Å². The highest BCUT2D eigenvalue weighted by molar-refractivity contribution is 7.99. The molecule has 1 aromatic heterocycles. The van der Waals surface area contributed by atoms with Gasteiger partial charge in [-0.25, -0.2) is 4.98 Å². The van der Waals surface area contributed by atoms with Crippen LogP contribution in [0.25, 0.3) is 11.1 Å². The summed E-state index contributed by atoms with van der Waals surface area (Å²) in [4.78, 5) is 16.2. The van der Waals surface area contributed by atoms with Crippen LogP contribution in [0.5, 0.6) is 0 Å². The Hall–Kier alpha value is -1.49. The molecule has 1 aromatic carbocycles. The zero-order valence-electron chi connectivity index (χ0n) is 12.8. The number of hydrogen-bond donors (Lipinski definition) is 1. The van der Waals surface area contributed by atoms with Crippen LogP contribution in [0.2, 0.25) is 0 Å². The second-order valence-corrected chi connectivity index (χ2v) is 6.60. The molecule has 0 saturated carbocycles. The predicted molar refractivity (Wildman–Crippen MR) is 86.4 cm³/mol. The van der Waals surface area contributed by atoms with E-state index < -0.39 is 0 Å². The lowest BCUT2D eigenvalue weighted by Crippen LogP contribution is -2.34. The van der Waals surface area contributed by atoms with Crippen molar-refractivity contribution in [1.29, 1.82) is 0 Å². The highest BCUT2D eigenvalue weighted by atomic mass is 32.2. The Morgan fingerprint density at radius 2 is 2.05 bits per heavy atom. The van der Waals surface area contributed by atoms with Gasteiger partial charge >= 0.3 is 0 Å². The number of hydrogen-bond acceptors (Lipinski definition) is 4. The molecule has 1 unspecified atom stereocenters. The average Bonchev–Trinajstić information content (AvgIpc) is 2.86. The van der Waals surface area contributed by atoms with Gasteiger partial charge in [0.2, 0.25) is 5.91 Å². The van der Waals surface area contributed by atoms with Gasteiger partial charge in [-0.3, -0.25) is 4.79 Å². The minimum atomic E-state index is 0.0264. The zero-order chi connectivity index (χ0) is 15.2. The second-order valence-electron chi connectivity index (χ2n) is 5.68. The number of nitrogens with one attached hydrogen (secondary N) is 1. The van der Waals surface area contributed by atoms with E-state index >= 15 is 0 Å². The Kier molecular flexibility index (Phi) is 5.67. The van der Waals surface area contributed by atoms with E-state index in [-0.39, 0.29) is 11.9 Å². The van der Waals surface area contributed by atoms with Crippen molar-refractivity contribution in [2.45, 2.75) is 44.9 Å². The molecule has 1 N–H and O–H groups in total. The molecule has 1 amide bonds. The number of oxazole rings is 1. The largest absolute Gasteiger partial charge is 0.431 e. The van der Waals surface area contributed by atoms with Crippen LogP contribution in [0.4, 0.5) is 0 Å². The Bertz CT molecular complexity index is 562. The fourth-order valence-corrected chi connectivity index (χ4v) is 2.66. The Morgan fingerprint density at radius 1 is 1.29 bits per heavy atom. The molecule has 1 heterocycles. The molecular weight excluding hydrogens is 284 g/mol. The van der Waals surface area contributed by atoms with Crippen molar-refractivity contribution in [2.75, 3.05) is 5.75 Å². The van der Waals surface area contributed by atoms with Crippen LogP contribution in [0, 0.1) is 5.92 Å². The van der Waals surface area contributed by atoms with E-state index in [2.05, 4.69) is 24.1 Å². The third-order valence-corrected chi connectivity index (χ3v) is 4.01. The van der Waals surface area contributed by atoms with Gasteiger partial charge in [0.05, 0.1) is 5.75 Å². The molecule has 0 aliphatic heterocycles. The molecule has 0 radical (unpaired) electrons. The molecule has 0 aliphatic carbocycles. The number of nitrogens with zero attached hydrogens (tertiary/aromatic N) is 1. The number of amides is 1. The SMILES string of the molecule is CC(C)CCC(C)NC(=O)CSc1nc2ccccc2o1. The number of carbonyl (C=O) groups is 1. The lowest BCUT2D eigenvalue weighted by atomic mass is 10.0. The molecular formula is C16H22N2O2S. The standard InChI is InChI=1S/C16H22N2O2S/c1-11(2)8-9-12(3)17-15(19)10-21-16-18-13-6-4-5-7-14(13)20-16/h4-7,11-12H,8-10H2,1-3H3,(H,17,19). The van der Waals surface area contributed by atoms with Crippen molar-refractivity contribution in [2.24, 2.45) is 5.92 Å². The van der Waals surface area contributed by atoms with Crippen LogP contribution in [0.3, 0.4) is 0 Å².